The number of ether oxygens (including phenoxy) is 1. The van der Waals surface area contributed by atoms with Crippen LogP contribution in [0.25, 0.3) is 10.2 Å². The molecule has 4 rings (SSSR count). The molecule has 140 valence electrons. The Hall–Kier alpha value is -2.52. The molecule has 0 spiro atoms. The van der Waals surface area contributed by atoms with E-state index in [4.69, 9.17) is 4.74 Å². The van der Waals surface area contributed by atoms with Gasteiger partial charge in [-0.2, -0.15) is 5.10 Å². The van der Waals surface area contributed by atoms with Crippen molar-refractivity contribution in [3.05, 3.63) is 44.0 Å². The van der Waals surface area contributed by atoms with E-state index >= 15 is 0 Å². The minimum absolute atomic E-state index is 0.0898. The van der Waals surface area contributed by atoms with Crippen LogP contribution in [0, 0.1) is 6.92 Å². The van der Waals surface area contributed by atoms with Gasteiger partial charge in [0.2, 0.25) is 5.91 Å². The van der Waals surface area contributed by atoms with Crippen LogP contribution in [0.15, 0.2) is 27.5 Å². The van der Waals surface area contributed by atoms with Crippen molar-refractivity contribution in [2.75, 3.05) is 7.11 Å². The average Bonchev–Trinajstić information content (AvgIpc) is 3.39. The smallest absolute Gasteiger partial charge is 0.273 e. The number of aromatic nitrogens is 2. The molecule has 1 N–H and O–H groups in total. The normalized spacial score (nSPS) is 16.8. The van der Waals surface area contributed by atoms with Gasteiger partial charge in [-0.3, -0.25) is 9.59 Å². The van der Waals surface area contributed by atoms with E-state index in [0.29, 0.717) is 29.3 Å². The summed E-state index contributed by atoms with van der Waals surface area (Å²) in [5.41, 5.74) is 1.89. The fraction of sp³-hybridized carbons (Fsp3) is 0.333. The van der Waals surface area contributed by atoms with Crippen LogP contribution in [0.3, 0.4) is 0 Å². The second kappa shape index (κ2) is 6.90. The Bertz CT molecular complexity index is 1110. The molecule has 1 amide bonds. The van der Waals surface area contributed by atoms with Crippen LogP contribution in [0.5, 0.6) is 5.19 Å². The van der Waals surface area contributed by atoms with E-state index in [9.17, 15) is 9.59 Å². The maximum atomic E-state index is 12.7. The van der Waals surface area contributed by atoms with Crippen molar-refractivity contribution in [2.45, 2.75) is 32.7 Å². The summed E-state index contributed by atoms with van der Waals surface area (Å²) in [5.74, 6) is -0.0898. The monoisotopic (exact) mass is 402 g/mol. The van der Waals surface area contributed by atoms with E-state index in [2.05, 4.69) is 15.1 Å². The Kier molecular flexibility index (Phi) is 4.56. The van der Waals surface area contributed by atoms with Gasteiger partial charge in [0, 0.05) is 24.4 Å². The van der Waals surface area contributed by atoms with Crippen molar-refractivity contribution in [3.8, 4) is 5.19 Å². The van der Waals surface area contributed by atoms with Crippen molar-refractivity contribution in [1.29, 1.82) is 0 Å². The van der Waals surface area contributed by atoms with E-state index in [1.165, 1.54) is 27.7 Å². The van der Waals surface area contributed by atoms with E-state index in [-0.39, 0.29) is 17.5 Å². The predicted octanol–water partition coefficient (Wildman–Crippen LogP) is 3.45. The van der Waals surface area contributed by atoms with Crippen molar-refractivity contribution < 1.29 is 9.53 Å². The van der Waals surface area contributed by atoms with Crippen LogP contribution in [0.2, 0.25) is 0 Å². The lowest BCUT2D eigenvalue weighted by molar-refractivity contribution is -0.132. The lowest BCUT2D eigenvalue weighted by Gasteiger charge is -2.19. The van der Waals surface area contributed by atoms with Gasteiger partial charge in [-0.1, -0.05) is 18.3 Å². The molecule has 0 aromatic carbocycles. The van der Waals surface area contributed by atoms with Gasteiger partial charge in [-0.25, -0.2) is 9.99 Å². The zero-order chi connectivity index (χ0) is 19.1. The van der Waals surface area contributed by atoms with Crippen molar-refractivity contribution in [2.24, 2.45) is 5.10 Å². The Labute approximate surface area is 163 Å². The lowest BCUT2D eigenvalue weighted by Crippen LogP contribution is -2.25. The molecule has 0 saturated heterocycles. The van der Waals surface area contributed by atoms with Gasteiger partial charge < -0.3 is 9.72 Å². The largest absolute Gasteiger partial charge is 0.473 e. The number of hydrogen-bond donors (Lipinski definition) is 1. The number of fused-ring (bicyclic) bond motifs is 1. The molecule has 1 unspecified atom stereocenters. The number of carbonyl (C=O) groups is 1. The molecular formula is C18H18N4O3S2. The maximum absolute atomic E-state index is 12.7. The van der Waals surface area contributed by atoms with Crippen LogP contribution in [0.1, 0.15) is 41.8 Å². The molecule has 0 bridgehead atoms. The number of nitrogens with one attached hydrogen (secondary N) is 1. The second-order valence-corrected chi connectivity index (χ2v) is 8.15. The van der Waals surface area contributed by atoms with E-state index in [1.807, 2.05) is 18.4 Å². The van der Waals surface area contributed by atoms with Gasteiger partial charge in [0.25, 0.3) is 10.8 Å². The van der Waals surface area contributed by atoms with Gasteiger partial charge in [-0.15, -0.1) is 11.3 Å². The van der Waals surface area contributed by atoms with Crippen molar-refractivity contribution in [1.82, 2.24) is 15.0 Å². The lowest BCUT2D eigenvalue weighted by atomic mass is 9.99. The van der Waals surface area contributed by atoms with Crippen LogP contribution in [-0.4, -0.2) is 33.7 Å². The number of methoxy groups -OCH3 is 1. The number of H-pyrrole nitrogens is 1. The highest BCUT2D eigenvalue weighted by atomic mass is 32.1. The first-order chi connectivity index (χ1) is 13.0. The third kappa shape index (κ3) is 2.96. The molecule has 3 aromatic heterocycles. The third-order valence-electron chi connectivity index (χ3n) is 4.66. The predicted molar refractivity (Wildman–Crippen MR) is 107 cm³/mol. The Morgan fingerprint density at radius 3 is 3.00 bits per heavy atom. The summed E-state index contributed by atoms with van der Waals surface area (Å²) >= 11 is 2.88. The molecule has 0 saturated carbocycles. The number of aromatic amines is 1. The van der Waals surface area contributed by atoms with E-state index in [1.54, 1.807) is 20.2 Å². The number of nitrogens with zero attached hydrogens (tertiary/aromatic N) is 3. The van der Waals surface area contributed by atoms with Crippen molar-refractivity contribution >= 4 is 44.5 Å². The number of thiophene rings is 1. The molecule has 7 nitrogen and oxygen atoms in total. The highest BCUT2D eigenvalue weighted by Gasteiger charge is 2.35. The Morgan fingerprint density at radius 1 is 1.48 bits per heavy atom. The number of carbonyl (C=O) groups excluding carboxylic acids is 1. The second-order valence-electron chi connectivity index (χ2n) is 6.21. The summed E-state index contributed by atoms with van der Waals surface area (Å²) < 4.78 is 5.18. The van der Waals surface area contributed by atoms with Gasteiger partial charge in [0.1, 0.15) is 4.83 Å². The molecule has 1 atom stereocenters. The van der Waals surface area contributed by atoms with Crippen molar-refractivity contribution in [3.63, 3.8) is 0 Å². The average molecular weight is 403 g/mol. The molecular weight excluding hydrogens is 384 g/mol. The molecule has 0 radical (unpaired) electrons. The first-order valence-electron chi connectivity index (χ1n) is 8.53. The minimum Gasteiger partial charge on any atom is -0.473 e. The molecule has 1 aliphatic rings. The van der Waals surface area contributed by atoms with Crippen LogP contribution < -0.4 is 10.3 Å². The SMILES string of the molecule is CCC(=O)N1N=C(c2c(C)c3ccsc3[nH]c2=O)CC1c1cnc(OC)s1. The molecule has 0 aliphatic carbocycles. The number of rotatable bonds is 4. The first-order valence-corrected chi connectivity index (χ1v) is 10.2. The van der Waals surface area contributed by atoms with Gasteiger partial charge in [0.05, 0.1) is 29.3 Å². The fourth-order valence-corrected chi connectivity index (χ4v) is 4.97. The number of thiazole rings is 1. The zero-order valence-corrected chi connectivity index (χ0v) is 16.7. The molecule has 0 fully saturated rings. The quantitative estimate of drug-likeness (QED) is 0.724. The molecule has 27 heavy (non-hydrogen) atoms. The van der Waals surface area contributed by atoms with Gasteiger partial charge >= 0.3 is 0 Å². The highest BCUT2D eigenvalue weighted by molar-refractivity contribution is 7.16. The molecule has 1 aliphatic heterocycles. The van der Waals surface area contributed by atoms with Gasteiger partial charge in [0.15, 0.2) is 0 Å². The van der Waals surface area contributed by atoms with E-state index in [0.717, 1.165) is 20.7 Å². The molecule has 9 heteroatoms. The van der Waals surface area contributed by atoms with Crippen LogP contribution >= 0.6 is 22.7 Å². The molecule has 3 aromatic rings. The fourth-order valence-electron chi connectivity index (χ4n) is 3.31. The Balaban J connectivity index is 1.80. The number of pyridine rings is 1. The number of hydrazone groups is 1. The Morgan fingerprint density at radius 2 is 2.30 bits per heavy atom. The summed E-state index contributed by atoms with van der Waals surface area (Å²) in [6.45, 7) is 3.73. The summed E-state index contributed by atoms with van der Waals surface area (Å²) in [4.78, 5) is 34.1. The highest BCUT2D eigenvalue weighted by Crippen LogP contribution is 2.38. The summed E-state index contributed by atoms with van der Waals surface area (Å²) in [7, 11) is 1.56. The minimum atomic E-state index is -0.272. The standard InChI is InChI=1S/C18H18N4O3S2/c1-4-14(23)22-12(13-8-19-18(25-3)27-13)7-11(21-22)15-9(2)10-5-6-26-17(10)20-16(15)24/h5-6,8,12H,4,7H2,1-3H3,(H,20,24). The summed E-state index contributed by atoms with van der Waals surface area (Å²) in [5, 5.41) is 9.54. The van der Waals surface area contributed by atoms with Crippen LogP contribution in [-0.2, 0) is 4.79 Å². The van der Waals surface area contributed by atoms with E-state index < -0.39 is 0 Å². The number of aryl methyl sites for hydroxylation is 1. The maximum Gasteiger partial charge on any atom is 0.273 e. The number of hydrogen-bond acceptors (Lipinski definition) is 7. The first kappa shape index (κ1) is 17.9. The van der Waals surface area contributed by atoms with Crippen LogP contribution in [0.4, 0.5) is 0 Å². The number of amides is 1. The zero-order valence-electron chi connectivity index (χ0n) is 15.1. The third-order valence-corrected chi connectivity index (χ3v) is 6.55. The summed E-state index contributed by atoms with van der Waals surface area (Å²) in [6.07, 6.45) is 2.51. The molecule has 4 heterocycles. The van der Waals surface area contributed by atoms with Gasteiger partial charge in [-0.05, 0) is 23.9 Å². The topological polar surface area (TPSA) is 87.7 Å². The summed E-state index contributed by atoms with van der Waals surface area (Å²) in [6, 6.07) is 1.72.